The fourth-order valence-electron chi connectivity index (χ4n) is 3.53. The van der Waals surface area contributed by atoms with Crippen LogP contribution in [0.2, 0.25) is 0 Å². The minimum absolute atomic E-state index is 0.179. The van der Waals surface area contributed by atoms with Crippen molar-refractivity contribution in [1.29, 1.82) is 0 Å². The number of hydrogen-bond acceptors (Lipinski definition) is 1. The molecule has 2 rings (SSSR count). The van der Waals surface area contributed by atoms with Crippen molar-refractivity contribution in [3.8, 4) is 5.75 Å². The molecule has 2 heteroatoms. The summed E-state index contributed by atoms with van der Waals surface area (Å²) in [6.07, 6.45) is 6.32. The molecule has 0 spiro atoms. The molecule has 1 aliphatic rings. The van der Waals surface area contributed by atoms with Crippen LogP contribution in [0, 0.1) is 17.8 Å². The largest absolute Gasteiger partial charge is 0.491 e. The van der Waals surface area contributed by atoms with Gasteiger partial charge in [-0.05, 0) is 49.1 Å². The Bertz CT molecular complexity index is 384. The van der Waals surface area contributed by atoms with E-state index in [1.54, 1.807) is 0 Å². The van der Waals surface area contributed by atoms with Gasteiger partial charge in [0.1, 0.15) is 18.5 Å². The highest BCUT2D eigenvalue weighted by Gasteiger charge is 2.26. The second-order valence-electron chi connectivity index (χ2n) is 6.62. The molecular formula is C19H29FO. The number of hydrogen-bond donors (Lipinski definition) is 0. The van der Waals surface area contributed by atoms with Crippen LogP contribution in [0.4, 0.5) is 4.39 Å². The molecule has 1 aromatic carbocycles. The quantitative estimate of drug-likeness (QED) is 0.631. The number of rotatable bonds is 7. The summed E-state index contributed by atoms with van der Waals surface area (Å²) in [4.78, 5) is 0. The monoisotopic (exact) mass is 292 g/mol. The van der Waals surface area contributed by atoms with Crippen molar-refractivity contribution in [3.05, 3.63) is 30.3 Å². The molecule has 21 heavy (non-hydrogen) atoms. The van der Waals surface area contributed by atoms with Crippen molar-refractivity contribution in [2.45, 2.75) is 58.5 Å². The van der Waals surface area contributed by atoms with Crippen LogP contribution in [0.5, 0.6) is 5.75 Å². The summed E-state index contributed by atoms with van der Waals surface area (Å²) in [7, 11) is 0. The summed E-state index contributed by atoms with van der Waals surface area (Å²) in [6, 6.07) is 9.52. The van der Waals surface area contributed by atoms with E-state index in [0.717, 1.165) is 11.7 Å². The molecule has 1 aromatic rings. The fourth-order valence-corrected chi connectivity index (χ4v) is 3.53. The highest BCUT2D eigenvalue weighted by Crippen LogP contribution is 2.36. The first-order valence-electron chi connectivity index (χ1n) is 8.51. The van der Waals surface area contributed by atoms with Gasteiger partial charge in [-0.2, -0.15) is 0 Å². The predicted molar refractivity (Wildman–Crippen MR) is 86.4 cm³/mol. The number of para-hydroxylation sites is 1. The maximum absolute atomic E-state index is 14.1. The third-order valence-electron chi connectivity index (χ3n) is 5.08. The Morgan fingerprint density at radius 2 is 1.81 bits per heavy atom. The molecule has 0 N–H and O–H groups in total. The molecule has 1 fully saturated rings. The minimum atomic E-state index is -0.857. The standard InChI is InChI=1S/C19H29FO/c1-3-16-9-11-17(12-10-16)15(2)13-18(20)14-21-19-7-5-4-6-8-19/h4-8,15-18H,3,9-14H2,1-2H3/t15?,16-,17-,18?. The molecule has 1 nitrogen and oxygen atoms in total. The summed E-state index contributed by atoms with van der Waals surface area (Å²) in [5.74, 6) is 2.85. The van der Waals surface area contributed by atoms with E-state index in [0.29, 0.717) is 18.3 Å². The molecule has 0 radical (unpaired) electrons. The lowest BCUT2D eigenvalue weighted by atomic mass is 9.74. The zero-order valence-electron chi connectivity index (χ0n) is 13.4. The number of ether oxygens (including phenoxy) is 1. The van der Waals surface area contributed by atoms with E-state index in [4.69, 9.17) is 4.74 Å². The summed E-state index contributed by atoms with van der Waals surface area (Å²) in [5.41, 5.74) is 0. The Labute approximate surface area is 128 Å². The summed E-state index contributed by atoms with van der Waals surface area (Å²) >= 11 is 0. The van der Waals surface area contributed by atoms with Crippen molar-refractivity contribution in [2.24, 2.45) is 17.8 Å². The molecular weight excluding hydrogens is 263 g/mol. The second kappa shape index (κ2) is 8.41. The zero-order chi connectivity index (χ0) is 15.1. The Balaban J connectivity index is 1.68. The lowest BCUT2D eigenvalue weighted by molar-refractivity contribution is 0.134. The van der Waals surface area contributed by atoms with Crippen LogP contribution < -0.4 is 4.74 Å². The molecule has 0 heterocycles. The molecule has 0 aliphatic heterocycles. The smallest absolute Gasteiger partial charge is 0.134 e. The number of halogens is 1. The molecule has 0 amide bonds. The molecule has 0 bridgehead atoms. The molecule has 1 aliphatic carbocycles. The van der Waals surface area contributed by atoms with Crippen molar-refractivity contribution in [3.63, 3.8) is 0 Å². The number of alkyl halides is 1. The molecule has 1 saturated carbocycles. The molecule has 2 atom stereocenters. The fraction of sp³-hybridized carbons (Fsp3) is 0.684. The Morgan fingerprint density at radius 1 is 1.14 bits per heavy atom. The van der Waals surface area contributed by atoms with Gasteiger partial charge < -0.3 is 4.74 Å². The first kappa shape index (κ1) is 16.3. The van der Waals surface area contributed by atoms with Crippen molar-refractivity contribution < 1.29 is 9.13 Å². The second-order valence-corrected chi connectivity index (χ2v) is 6.62. The van der Waals surface area contributed by atoms with Gasteiger partial charge in [0.05, 0.1) is 0 Å². The maximum Gasteiger partial charge on any atom is 0.134 e. The van der Waals surface area contributed by atoms with E-state index in [1.807, 2.05) is 30.3 Å². The van der Waals surface area contributed by atoms with Gasteiger partial charge in [-0.15, -0.1) is 0 Å². The Morgan fingerprint density at radius 3 is 2.43 bits per heavy atom. The predicted octanol–water partition coefficient (Wildman–Crippen LogP) is 5.65. The van der Waals surface area contributed by atoms with Gasteiger partial charge in [0.25, 0.3) is 0 Å². The van der Waals surface area contributed by atoms with E-state index in [-0.39, 0.29) is 6.61 Å². The topological polar surface area (TPSA) is 9.23 Å². The number of benzene rings is 1. The molecule has 0 aromatic heterocycles. The lowest BCUT2D eigenvalue weighted by Crippen LogP contribution is -2.24. The Kier molecular flexibility index (Phi) is 6.53. The van der Waals surface area contributed by atoms with Crippen LogP contribution in [-0.4, -0.2) is 12.8 Å². The minimum Gasteiger partial charge on any atom is -0.491 e. The molecule has 2 unspecified atom stereocenters. The SMILES string of the molecule is CC[C@H]1CC[C@H](C(C)CC(F)COc2ccccc2)CC1. The Hall–Kier alpha value is -1.05. The highest BCUT2D eigenvalue weighted by atomic mass is 19.1. The van der Waals surface area contributed by atoms with Gasteiger partial charge in [0, 0.05) is 0 Å². The average Bonchev–Trinajstić information content (AvgIpc) is 2.54. The van der Waals surface area contributed by atoms with Crippen molar-refractivity contribution in [2.75, 3.05) is 6.61 Å². The van der Waals surface area contributed by atoms with Crippen molar-refractivity contribution in [1.82, 2.24) is 0 Å². The third kappa shape index (κ3) is 5.33. The molecule has 0 saturated heterocycles. The maximum atomic E-state index is 14.1. The lowest BCUT2D eigenvalue weighted by Gasteiger charge is -2.32. The summed E-state index contributed by atoms with van der Waals surface area (Å²) in [5, 5.41) is 0. The van der Waals surface area contributed by atoms with Crippen LogP contribution in [0.15, 0.2) is 30.3 Å². The highest BCUT2D eigenvalue weighted by molar-refractivity contribution is 5.20. The van der Waals surface area contributed by atoms with Gasteiger partial charge in [-0.3, -0.25) is 0 Å². The van der Waals surface area contributed by atoms with Crippen LogP contribution in [-0.2, 0) is 0 Å². The van der Waals surface area contributed by atoms with Gasteiger partial charge in [0.2, 0.25) is 0 Å². The van der Waals surface area contributed by atoms with Crippen LogP contribution in [0.3, 0.4) is 0 Å². The van der Waals surface area contributed by atoms with Crippen LogP contribution in [0.1, 0.15) is 52.4 Å². The van der Waals surface area contributed by atoms with E-state index in [2.05, 4.69) is 13.8 Å². The first-order chi connectivity index (χ1) is 10.2. The van der Waals surface area contributed by atoms with E-state index in [9.17, 15) is 4.39 Å². The van der Waals surface area contributed by atoms with E-state index in [1.165, 1.54) is 32.1 Å². The normalized spacial score (nSPS) is 25.3. The van der Waals surface area contributed by atoms with Crippen LogP contribution >= 0.6 is 0 Å². The van der Waals surface area contributed by atoms with Gasteiger partial charge in [0.15, 0.2) is 0 Å². The van der Waals surface area contributed by atoms with E-state index >= 15 is 0 Å². The first-order valence-corrected chi connectivity index (χ1v) is 8.51. The van der Waals surface area contributed by atoms with E-state index < -0.39 is 6.17 Å². The average molecular weight is 292 g/mol. The van der Waals surface area contributed by atoms with Gasteiger partial charge in [-0.1, -0.05) is 51.3 Å². The van der Waals surface area contributed by atoms with Crippen molar-refractivity contribution >= 4 is 0 Å². The van der Waals surface area contributed by atoms with Gasteiger partial charge in [-0.25, -0.2) is 4.39 Å². The summed E-state index contributed by atoms with van der Waals surface area (Å²) in [6.45, 7) is 4.68. The molecule has 118 valence electrons. The zero-order valence-corrected chi connectivity index (χ0v) is 13.4. The van der Waals surface area contributed by atoms with Crippen LogP contribution in [0.25, 0.3) is 0 Å². The van der Waals surface area contributed by atoms with Gasteiger partial charge >= 0.3 is 0 Å². The third-order valence-corrected chi connectivity index (χ3v) is 5.08. The summed E-state index contributed by atoms with van der Waals surface area (Å²) < 4.78 is 19.6.